The maximum absolute atomic E-state index is 13.1. The fourth-order valence-electron chi connectivity index (χ4n) is 1.01. The molecule has 0 saturated heterocycles. The van der Waals surface area contributed by atoms with E-state index in [1.807, 2.05) is 0 Å². The van der Waals surface area contributed by atoms with Crippen LogP contribution in [0.3, 0.4) is 0 Å². The third-order valence-corrected chi connectivity index (χ3v) is 3.33. The van der Waals surface area contributed by atoms with Crippen LogP contribution in [0.4, 0.5) is 4.39 Å². The van der Waals surface area contributed by atoms with E-state index in [2.05, 4.69) is 0 Å². The molecule has 0 aliphatic carbocycles. The highest BCUT2D eigenvalue weighted by molar-refractivity contribution is 7.70. The van der Waals surface area contributed by atoms with Crippen LogP contribution in [0, 0.1) is 5.82 Å². The molecule has 0 radical (unpaired) electrons. The average molecular weight is 216 g/mol. The molecule has 14 heavy (non-hydrogen) atoms. The molecule has 0 aliphatic rings. The Kier molecular flexibility index (Phi) is 2.76. The Hall–Kier alpha value is -1.15. The van der Waals surface area contributed by atoms with Gasteiger partial charge >= 0.3 is 5.97 Å². The first kappa shape index (κ1) is 10.9. The molecular formula is C9H10FO3P. The van der Waals surface area contributed by atoms with Gasteiger partial charge in [-0.05, 0) is 25.5 Å². The third-order valence-electron chi connectivity index (χ3n) is 1.80. The molecule has 0 bridgehead atoms. The molecule has 3 nitrogen and oxygen atoms in total. The van der Waals surface area contributed by atoms with E-state index in [1.165, 1.54) is 19.4 Å². The van der Waals surface area contributed by atoms with E-state index >= 15 is 0 Å². The number of aromatic carboxylic acids is 1. The second-order valence-corrected chi connectivity index (χ2v) is 6.54. The first-order valence-corrected chi connectivity index (χ1v) is 6.51. The Labute approximate surface area is 80.9 Å². The Morgan fingerprint density at radius 2 is 2.00 bits per heavy atom. The zero-order valence-electron chi connectivity index (χ0n) is 7.82. The Balaban J connectivity index is 3.27. The van der Waals surface area contributed by atoms with Crippen molar-refractivity contribution in [2.24, 2.45) is 0 Å². The smallest absolute Gasteiger partial charge is 0.338 e. The van der Waals surface area contributed by atoms with Crippen molar-refractivity contribution >= 4 is 18.4 Å². The van der Waals surface area contributed by atoms with Gasteiger partial charge in [0.05, 0.1) is 5.56 Å². The molecule has 0 saturated carbocycles. The van der Waals surface area contributed by atoms with Gasteiger partial charge in [0.2, 0.25) is 0 Å². The molecule has 0 unspecified atom stereocenters. The summed E-state index contributed by atoms with van der Waals surface area (Å²) in [5.74, 6) is -2.17. The minimum atomic E-state index is -2.53. The van der Waals surface area contributed by atoms with Gasteiger partial charge in [-0.2, -0.15) is 0 Å². The lowest BCUT2D eigenvalue weighted by atomic mass is 10.2. The normalized spacial score (nSPS) is 11.4. The van der Waals surface area contributed by atoms with Gasteiger partial charge in [0.25, 0.3) is 0 Å². The number of halogens is 1. The molecule has 1 rings (SSSR count). The second kappa shape index (κ2) is 3.54. The lowest BCUT2D eigenvalue weighted by molar-refractivity contribution is 0.0692. The number of rotatable bonds is 2. The van der Waals surface area contributed by atoms with Crippen molar-refractivity contribution in [3.05, 3.63) is 29.6 Å². The van der Waals surface area contributed by atoms with E-state index in [0.29, 0.717) is 5.30 Å². The number of hydrogen-bond acceptors (Lipinski definition) is 2. The van der Waals surface area contributed by atoms with Gasteiger partial charge in [0.1, 0.15) is 13.0 Å². The average Bonchev–Trinajstić information content (AvgIpc) is 2.01. The quantitative estimate of drug-likeness (QED) is 0.766. The van der Waals surface area contributed by atoms with Crippen molar-refractivity contribution in [3.63, 3.8) is 0 Å². The standard InChI is InChI=1S/C9H10FO3P/c1-14(2,13)6-3-4-7(9(11)12)8(10)5-6/h3-5H,1-2H3,(H,11,12). The highest BCUT2D eigenvalue weighted by Gasteiger charge is 2.16. The largest absolute Gasteiger partial charge is 0.478 e. The van der Waals surface area contributed by atoms with Gasteiger partial charge < -0.3 is 9.67 Å². The van der Waals surface area contributed by atoms with E-state index < -0.39 is 24.5 Å². The van der Waals surface area contributed by atoms with Gasteiger partial charge in [-0.3, -0.25) is 0 Å². The minimum absolute atomic E-state index is 0.347. The van der Waals surface area contributed by atoms with E-state index in [1.54, 1.807) is 0 Å². The zero-order chi connectivity index (χ0) is 10.9. The van der Waals surface area contributed by atoms with E-state index in [-0.39, 0.29) is 0 Å². The van der Waals surface area contributed by atoms with Crippen molar-refractivity contribution in [2.75, 3.05) is 13.3 Å². The number of hydrogen-bond donors (Lipinski definition) is 1. The number of carbonyl (C=O) groups is 1. The number of carboxylic acid groups (broad SMARTS) is 1. The molecule has 0 aliphatic heterocycles. The first-order chi connectivity index (χ1) is 6.32. The van der Waals surface area contributed by atoms with Crippen LogP contribution in [-0.4, -0.2) is 24.4 Å². The van der Waals surface area contributed by atoms with E-state index in [9.17, 15) is 13.8 Å². The van der Waals surface area contributed by atoms with Crippen LogP contribution in [0.15, 0.2) is 18.2 Å². The van der Waals surface area contributed by atoms with E-state index in [0.717, 1.165) is 12.1 Å². The molecule has 1 aromatic rings. The van der Waals surface area contributed by atoms with E-state index in [4.69, 9.17) is 5.11 Å². The van der Waals surface area contributed by atoms with Gasteiger partial charge in [0, 0.05) is 5.30 Å². The minimum Gasteiger partial charge on any atom is -0.478 e. The molecule has 1 N–H and O–H groups in total. The summed E-state index contributed by atoms with van der Waals surface area (Å²) in [4.78, 5) is 10.5. The maximum Gasteiger partial charge on any atom is 0.338 e. The number of benzene rings is 1. The predicted octanol–water partition coefficient (Wildman–Crippen LogP) is 1.77. The summed E-state index contributed by atoms with van der Waals surface area (Å²) in [6.07, 6.45) is 0. The molecule has 0 heterocycles. The van der Waals surface area contributed by atoms with Gasteiger partial charge in [-0.1, -0.05) is 6.07 Å². The fourth-order valence-corrected chi connectivity index (χ4v) is 1.87. The third kappa shape index (κ3) is 2.20. The molecule has 0 fully saturated rings. The molecule has 0 aromatic heterocycles. The fraction of sp³-hybridized carbons (Fsp3) is 0.222. The predicted molar refractivity (Wildman–Crippen MR) is 52.4 cm³/mol. The number of carboxylic acids is 1. The van der Waals surface area contributed by atoms with Crippen LogP contribution in [0.5, 0.6) is 0 Å². The van der Waals surface area contributed by atoms with Crippen LogP contribution in [0.1, 0.15) is 10.4 Å². The summed E-state index contributed by atoms with van der Waals surface area (Å²) in [6.45, 7) is 3.00. The van der Waals surface area contributed by atoms with Gasteiger partial charge in [0.15, 0.2) is 0 Å². The lowest BCUT2D eigenvalue weighted by Gasteiger charge is -2.07. The summed E-state index contributed by atoms with van der Waals surface area (Å²) in [5, 5.41) is 8.90. The topological polar surface area (TPSA) is 54.4 Å². The second-order valence-electron chi connectivity index (χ2n) is 3.32. The van der Waals surface area contributed by atoms with Gasteiger partial charge in [-0.15, -0.1) is 0 Å². The Morgan fingerprint density at radius 1 is 1.43 bits per heavy atom. The summed E-state index contributed by atoms with van der Waals surface area (Å²) in [6, 6.07) is 3.53. The van der Waals surface area contributed by atoms with Crippen LogP contribution in [-0.2, 0) is 4.57 Å². The SMILES string of the molecule is CP(C)(=O)c1ccc(C(=O)O)c(F)c1. The summed E-state index contributed by atoms with van der Waals surface area (Å²) in [7, 11) is -2.53. The molecule has 0 amide bonds. The monoisotopic (exact) mass is 216 g/mol. The van der Waals surface area contributed by atoms with Gasteiger partial charge in [-0.25, -0.2) is 9.18 Å². The van der Waals surface area contributed by atoms with Crippen molar-refractivity contribution in [2.45, 2.75) is 0 Å². The van der Waals surface area contributed by atoms with Crippen LogP contribution in [0.25, 0.3) is 0 Å². The Bertz CT molecular complexity index is 422. The first-order valence-electron chi connectivity index (χ1n) is 3.91. The maximum atomic E-state index is 13.1. The molecule has 0 atom stereocenters. The summed E-state index contributed by atoms with van der Waals surface area (Å²) < 4.78 is 24.7. The zero-order valence-corrected chi connectivity index (χ0v) is 8.72. The van der Waals surface area contributed by atoms with Crippen molar-refractivity contribution in [1.29, 1.82) is 0 Å². The summed E-state index contributed by atoms with van der Waals surface area (Å²) in [5.41, 5.74) is -0.401. The van der Waals surface area contributed by atoms with Crippen molar-refractivity contribution < 1.29 is 18.9 Å². The lowest BCUT2D eigenvalue weighted by Crippen LogP contribution is -2.08. The molecule has 5 heteroatoms. The Morgan fingerprint density at radius 3 is 2.36 bits per heavy atom. The van der Waals surface area contributed by atoms with Crippen LogP contribution >= 0.6 is 7.14 Å². The molecular weight excluding hydrogens is 206 g/mol. The molecule has 76 valence electrons. The van der Waals surface area contributed by atoms with Crippen molar-refractivity contribution in [1.82, 2.24) is 0 Å². The highest BCUT2D eigenvalue weighted by Crippen LogP contribution is 2.34. The summed E-state index contributed by atoms with van der Waals surface area (Å²) >= 11 is 0. The van der Waals surface area contributed by atoms with Crippen molar-refractivity contribution in [3.8, 4) is 0 Å². The molecule has 0 spiro atoms. The molecule has 1 aromatic carbocycles. The van der Waals surface area contributed by atoms with Crippen LogP contribution in [0.2, 0.25) is 0 Å². The van der Waals surface area contributed by atoms with Crippen LogP contribution < -0.4 is 5.30 Å². The highest BCUT2D eigenvalue weighted by atomic mass is 31.2.